The normalized spacial score (nSPS) is 15.0. The van der Waals surface area contributed by atoms with Gasteiger partial charge in [0, 0.05) is 5.92 Å². The van der Waals surface area contributed by atoms with Crippen molar-refractivity contribution in [1.29, 1.82) is 0 Å². The van der Waals surface area contributed by atoms with Crippen LogP contribution in [0.15, 0.2) is 0 Å². The molecule has 0 aromatic heterocycles. The molecule has 0 saturated carbocycles. The van der Waals surface area contributed by atoms with Gasteiger partial charge < -0.3 is 9.47 Å². The minimum atomic E-state index is -5.93. The van der Waals surface area contributed by atoms with Crippen molar-refractivity contribution in [3.8, 4) is 0 Å². The molecule has 0 aromatic rings. The van der Waals surface area contributed by atoms with Crippen LogP contribution in [0.4, 0.5) is 26.3 Å². The Morgan fingerprint density at radius 2 is 1.30 bits per heavy atom. The van der Waals surface area contributed by atoms with Crippen molar-refractivity contribution in [1.82, 2.24) is 4.90 Å². The van der Waals surface area contributed by atoms with E-state index < -0.39 is 60.8 Å². The van der Waals surface area contributed by atoms with Crippen molar-refractivity contribution >= 4 is 24.3 Å². The molecule has 0 heterocycles. The lowest BCUT2D eigenvalue weighted by atomic mass is 9.64. The van der Waals surface area contributed by atoms with Crippen LogP contribution in [0.1, 0.15) is 48.5 Å². The molecule has 33 heavy (non-hydrogen) atoms. The summed E-state index contributed by atoms with van der Waals surface area (Å²) in [5, 5.41) is 0. The van der Waals surface area contributed by atoms with Gasteiger partial charge in [-0.3, -0.25) is 19.3 Å². The summed E-state index contributed by atoms with van der Waals surface area (Å²) >= 11 is 0. The number of ether oxygens (including phenoxy) is 2. The van der Waals surface area contributed by atoms with E-state index in [2.05, 4.69) is 9.47 Å². The van der Waals surface area contributed by atoms with E-state index in [4.69, 9.17) is 0 Å². The minimum absolute atomic E-state index is 0.0549. The first kappa shape index (κ1) is 30.7. The SMILES string of the molecule is CC(C(C(=O)N(C=O)CC(=O)OCC(=O)OC(C(F)(F)F)C(F)(F)F)C(C)(C)C)C(C)(C)C. The van der Waals surface area contributed by atoms with Crippen LogP contribution < -0.4 is 0 Å². The highest BCUT2D eigenvalue weighted by atomic mass is 19.4. The first-order valence-electron chi connectivity index (χ1n) is 9.77. The summed E-state index contributed by atoms with van der Waals surface area (Å²) in [5.41, 5.74) is -0.997. The molecule has 0 radical (unpaired) electrons. The van der Waals surface area contributed by atoms with Crippen molar-refractivity contribution in [2.24, 2.45) is 22.7 Å². The lowest BCUT2D eigenvalue weighted by Crippen LogP contribution is -2.48. The van der Waals surface area contributed by atoms with Gasteiger partial charge in [-0.25, -0.2) is 4.79 Å². The van der Waals surface area contributed by atoms with Crippen molar-refractivity contribution in [2.45, 2.75) is 66.9 Å². The topological polar surface area (TPSA) is 90.0 Å². The monoisotopic (exact) mass is 493 g/mol. The van der Waals surface area contributed by atoms with Crippen LogP contribution in [0, 0.1) is 22.7 Å². The Bertz CT molecular complexity index is 707. The molecule has 0 saturated heterocycles. The fourth-order valence-electron chi connectivity index (χ4n) is 2.99. The molecule has 2 unspecified atom stereocenters. The molecular formula is C20H29F6NO6. The van der Waals surface area contributed by atoms with E-state index in [9.17, 15) is 45.5 Å². The number of nitrogens with zero attached hydrogens (tertiary/aromatic N) is 1. The largest absolute Gasteiger partial charge is 0.452 e. The Balaban J connectivity index is 5.28. The first-order valence-corrected chi connectivity index (χ1v) is 9.77. The molecule has 7 nitrogen and oxygen atoms in total. The maximum absolute atomic E-state index is 13.0. The number of carbonyl (C=O) groups excluding carboxylic acids is 4. The number of hydrogen-bond acceptors (Lipinski definition) is 6. The average Bonchev–Trinajstić information content (AvgIpc) is 2.58. The standard InChI is InChI=1S/C20H29F6NO6/c1-11(17(2,3)4)14(18(5,6)7)15(31)27(10-28)8-12(29)32-9-13(30)33-16(19(21,22)23)20(24,25)26/h10-11,14,16H,8-9H2,1-7H3. The number of esters is 2. The van der Waals surface area contributed by atoms with E-state index in [-0.39, 0.29) is 17.7 Å². The summed E-state index contributed by atoms with van der Waals surface area (Å²) in [6, 6.07) is 0. The fourth-order valence-corrected chi connectivity index (χ4v) is 2.99. The summed E-state index contributed by atoms with van der Waals surface area (Å²) in [4.78, 5) is 48.2. The Morgan fingerprint density at radius 1 is 0.848 bits per heavy atom. The number of carbonyl (C=O) groups is 4. The van der Waals surface area contributed by atoms with Crippen LogP contribution >= 0.6 is 0 Å². The van der Waals surface area contributed by atoms with Gasteiger partial charge in [-0.15, -0.1) is 0 Å². The molecule has 13 heteroatoms. The van der Waals surface area contributed by atoms with E-state index in [0.717, 1.165) is 0 Å². The minimum Gasteiger partial charge on any atom is -0.452 e. The zero-order chi connectivity index (χ0) is 26.6. The van der Waals surface area contributed by atoms with Gasteiger partial charge in [0.15, 0.2) is 6.61 Å². The van der Waals surface area contributed by atoms with Gasteiger partial charge in [-0.1, -0.05) is 48.5 Å². The zero-order valence-electron chi connectivity index (χ0n) is 19.4. The quantitative estimate of drug-likeness (QED) is 0.290. The second kappa shape index (κ2) is 10.7. The fraction of sp³-hybridized carbons (Fsp3) is 0.800. The number of halogens is 6. The van der Waals surface area contributed by atoms with Crippen LogP contribution in [-0.4, -0.2) is 60.8 Å². The molecule has 0 bridgehead atoms. The molecule has 0 fully saturated rings. The number of hydrogen-bond donors (Lipinski definition) is 0. The van der Waals surface area contributed by atoms with Crippen molar-refractivity contribution in [3.63, 3.8) is 0 Å². The Morgan fingerprint density at radius 3 is 1.64 bits per heavy atom. The number of amides is 2. The van der Waals surface area contributed by atoms with E-state index in [1.165, 1.54) is 0 Å². The first-order chi connectivity index (χ1) is 14.5. The molecule has 192 valence electrons. The predicted molar refractivity (Wildman–Crippen MR) is 102 cm³/mol. The molecule has 2 atom stereocenters. The maximum atomic E-state index is 13.0. The number of rotatable bonds is 8. The summed E-state index contributed by atoms with van der Waals surface area (Å²) in [6.45, 7) is 10.1. The highest BCUT2D eigenvalue weighted by molar-refractivity contribution is 5.92. The lowest BCUT2D eigenvalue weighted by molar-refractivity contribution is -0.313. The smallest absolute Gasteiger partial charge is 0.434 e. The van der Waals surface area contributed by atoms with Gasteiger partial charge in [0.1, 0.15) is 6.54 Å². The second-order valence-electron chi connectivity index (χ2n) is 9.68. The average molecular weight is 493 g/mol. The van der Waals surface area contributed by atoms with Crippen molar-refractivity contribution in [2.75, 3.05) is 13.2 Å². The molecule has 0 aliphatic heterocycles. The van der Waals surface area contributed by atoms with Gasteiger partial charge in [-0.2, -0.15) is 26.3 Å². The summed E-state index contributed by atoms with van der Waals surface area (Å²) in [6.07, 6.45) is -16.2. The van der Waals surface area contributed by atoms with Gasteiger partial charge in [-0.05, 0) is 16.7 Å². The molecule has 0 rings (SSSR count). The predicted octanol–water partition coefficient (Wildman–Crippen LogP) is 3.90. The molecule has 0 aliphatic carbocycles. The molecule has 2 amide bonds. The highest BCUT2D eigenvalue weighted by Gasteiger charge is 2.60. The summed E-state index contributed by atoms with van der Waals surface area (Å²) in [7, 11) is 0. The Hall–Kier alpha value is -2.34. The molecular weight excluding hydrogens is 464 g/mol. The third-order valence-corrected chi connectivity index (χ3v) is 4.97. The molecule has 0 aromatic carbocycles. The highest BCUT2D eigenvalue weighted by Crippen LogP contribution is 2.42. The summed E-state index contributed by atoms with van der Waals surface area (Å²) in [5.74, 6) is -5.24. The van der Waals surface area contributed by atoms with E-state index in [1.807, 2.05) is 20.8 Å². The van der Waals surface area contributed by atoms with Crippen LogP contribution in [0.5, 0.6) is 0 Å². The molecule has 0 N–H and O–H groups in total. The van der Waals surface area contributed by atoms with E-state index in [0.29, 0.717) is 4.90 Å². The lowest BCUT2D eigenvalue weighted by Gasteiger charge is -2.41. The van der Waals surface area contributed by atoms with Gasteiger partial charge >= 0.3 is 24.3 Å². The van der Waals surface area contributed by atoms with E-state index >= 15 is 0 Å². The van der Waals surface area contributed by atoms with E-state index in [1.54, 1.807) is 27.7 Å². The summed E-state index contributed by atoms with van der Waals surface area (Å²) < 4.78 is 82.1. The molecule has 0 spiro atoms. The van der Waals surface area contributed by atoms with Crippen LogP contribution in [0.3, 0.4) is 0 Å². The Kier molecular flexibility index (Phi) is 9.96. The third kappa shape index (κ3) is 9.58. The number of alkyl halides is 6. The van der Waals surface area contributed by atoms with Crippen LogP contribution in [0.2, 0.25) is 0 Å². The van der Waals surface area contributed by atoms with Crippen molar-refractivity contribution in [3.05, 3.63) is 0 Å². The van der Waals surface area contributed by atoms with Gasteiger partial charge in [0.25, 0.3) is 6.10 Å². The zero-order valence-corrected chi connectivity index (χ0v) is 19.4. The van der Waals surface area contributed by atoms with Crippen LogP contribution in [0.25, 0.3) is 0 Å². The third-order valence-electron chi connectivity index (χ3n) is 4.97. The van der Waals surface area contributed by atoms with Gasteiger partial charge in [0.05, 0.1) is 0 Å². The molecule has 0 aliphatic rings. The Labute approximate surface area is 187 Å². The second-order valence-corrected chi connectivity index (χ2v) is 9.68. The van der Waals surface area contributed by atoms with Gasteiger partial charge in [0.2, 0.25) is 12.3 Å². The number of imide groups is 1. The maximum Gasteiger partial charge on any atom is 0.434 e. The van der Waals surface area contributed by atoms with Crippen LogP contribution in [-0.2, 0) is 28.7 Å². The van der Waals surface area contributed by atoms with Crippen molar-refractivity contribution < 1.29 is 55.0 Å².